The Morgan fingerprint density at radius 1 is 1.10 bits per heavy atom. The van der Waals surface area contributed by atoms with Gasteiger partial charge in [0.2, 0.25) is 0 Å². The summed E-state index contributed by atoms with van der Waals surface area (Å²) in [5.74, 6) is 0.730. The van der Waals surface area contributed by atoms with Crippen molar-refractivity contribution in [3.8, 4) is 5.75 Å². The zero-order valence-corrected chi connectivity index (χ0v) is 14.4. The number of ether oxygens (including phenoxy) is 1. The predicted molar refractivity (Wildman–Crippen MR) is 87.5 cm³/mol. The Bertz CT molecular complexity index is 742. The summed E-state index contributed by atoms with van der Waals surface area (Å²) < 4.78 is 32.5. The normalized spacial score (nSPS) is 11.2. The number of hydrogen-bond donors (Lipinski definition) is 0. The number of aryl methyl sites for hydroxylation is 1. The molecule has 0 N–H and O–H groups in total. The molecule has 0 fully saturated rings. The summed E-state index contributed by atoms with van der Waals surface area (Å²) in [6.07, 6.45) is 0. The Labute approximate surface area is 133 Å². The fourth-order valence-electron chi connectivity index (χ4n) is 1.96. The van der Waals surface area contributed by atoms with E-state index in [1.807, 2.05) is 6.92 Å². The maximum atomic E-state index is 12.6. The van der Waals surface area contributed by atoms with Crippen LogP contribution in [0.3, 0.4) is 0 Å². The van der Waals surface area contributed by atoms with E-state index in [9.17, 15) is 8.42 Å². The summed E-state index contributed by atoms with van der Waals surface area (Å²) in [5, 5.41) is 0. The molecule has 0 aliphatic heterocycles. The summed E-state index contributed by atoms with van der Waals surface area (Å²) in [5.41, 5.74) is 1.48. The number of benzene rings is 2. The molecule has 4 nitrogen and oxygen atoms in total. The third-order valence-corrected chi connectivity index (χ3v) is 5.54. The molecule has 6 heteroatoms. The van der Waals surface area contributed by atoms with E-state index in [0.29, 0.717) is 5.69 Å². The second-order valence-electron chi connectivity index (χ2n) is 4.58. The highest BCUT2D eigenvalue weighted by Gasteiger charge is 2.21. The summed E-state index contributed by atoms with van der Waals surface area (Å²) >= 11 is 3.30. The van der Waals surface area contributed by atoms with Gasteiger partial charge in [0.15, 0.2) is 0 Å². The SMILES string of the molecule is COc1ccc(N(C)S(=O)(=O)c2ccc(Br)cc2)cc1C. The van der Waals surface area contributed by atoms with E-state index in [2.05, 4.69) is 15.9 Å². The number of sulfonamides is 1. The second-order valence-corrected chi connectivity index (χ2v) is 7.47. The second kappa shape index (κ2) is 6.07. The number of rotatable bonds is 4. The molecule has 0 heterocycles. The minimum absolute atomic E-state index is 0.252. The van der Waals surface area contributed by atoms with E-state index in [1.165, 1.54) is 4.31 Å². The Morgan fingerprint density at radius 3 is 2.24 bits per heavy atom. The molecule has 0 aromatic heterocycles. The van der Waals surface area contributed by atoms with Gasteiger partial charge in [0.05, 0.1) is 17.7 Å². The summed E-state index contributed by atoms with van der Waals surface area (Å²) in [6.45, 7) is 1.88. The lowest BCUT2D eigenvalue weighted by atomic mass is 10.2. The van der Waals surface area contributed by atoms with Crippen molar-refractivity contribution in [1.29, 1.82) is 0 Å². The van der Waals surface area contributed by atoms with Gasteiger partial charge in [0, 0.05) is 11.5 Å². The molecule has 0 radical (unpaired) electrons. The van der Waals surface area contributed by atoms with Crippen molar-refractivity contribution in [2.75, 3.05) is 18.5 Å². The maximum Gasteiger partial charge on any atom is 0.264 e. The number of hydrogen-bond acceptors (Lipinski definition) is 3. The molecule has 0 saturated carbocycles. The average Bonchev–Trinajstić information content (AvgIpc) is 2.46. The van der Waals surface area contributed by atoms with Gasteiger partial charge in [-0.15, -0.1) is 0 Å². The molecule has 2 rings (SSSR count). The van der Waals surface area contributed by atoms with Crippen LogP contribution in [0.25, 0.3) is 0 Å². The molecule has 0 aliphatic rings. The van der Waals surface area contributed by atoms with E-state index in [4.69, 9.17) is 4.74 Å². The first-order valence-electron chi connectivity index (χ1n) is 6.25. The lowest BCUT2D eigenvalue weighted by Gasteiger charge is -2.20. The van der Waals surface area contributed by atoms with Crippen LogP contribution in [-0.2, 0) is 10.0 Å². The van der Waals surface area contributed by atoms with Crippen molar-refractivity contribution < 1.29 is 13.2 Å². The molecular weight excluding hydrogens is 354 g/mol. The molecule has 112 valence electrons. The van der Waals surface area contributed by atoms with Crippen LogP contribution in [0.5, 0.6) is 5.75 Å². The number of nitrogens with zero attached hydrogens (tertiary/aromatic N) is 1. The minimum Gasteiger partial charge on any atom is -0.496 e. The van der Waals surface area contributed by atoms with Crippen molar-refractivity contribution >= 4 is 31.6 Å². The van der Waals surface area contributed by atoms with E-state index >= 15 is 0 Å². The van der Waals surface area contributed by atoms with Crippen LogP contribution in [0.2, 0.25) is 0 Å². The highest BCUT2D eigenvalue weighted by Crippen LogP contribution is 2.27. The molecule has 0 amide bonds. The maximum absolute atomic E-state index is 12.6. The van der Waals surface area contributed by atoms with Crippen LogP contribution in [-0.4, -0.2) is 22.6 Å². The zero-order chi connectivity index (χ0) is 15.6. The van der Waals surface area contributed by atoms with Crippen LogP contribution in [0.1, 0.15) is 5.56 Å². The van der Waals surface area contributed by atoms with Crippen molar-refractivity contribution in [3.63, 3.8) is 0 Å². The third kappa shape index (κ3) is 3.22. The molecule has 2 aromatic rings. The first kappa shape index (κ1) is 15.9. The lowest BCUT2D eigenvalue weighted by Crippen LogP contribution is -2.26. The highest BCUT2D eigenvalue weighted by atomic mass is 79.9. The van der Waals surface area contributed by atoms with E-state index in [-0.39, 0.29) is 4.90 Å². The third-order valence-electron chi connectivity index (χ3n) is 3.21. The molecule has 21 heavy (non-hydrogen) atoms. The highest BCUT2D eigenvalue weighted by molar-refractivity contribution is 9.10. The minimum atomic E-state index is -3.57. The standard InChI is InChI=1S/C15H16BrNO3S/c1-11-10-13(6-9-15(11)20-3)17(2)21(18,19)14-7-4-12(16)5-8-14/h4-10H,1-3H3. The molecule has 0 saturated heterocycles. The van der Waals surface area contributed by atoms with E-state index in [0.717, 1.165) is 15.8 Å². The van der Waals surface area contributed by atoms with Gasteiger partial charge >= 0.3 is 0 Å². The monoisotopic (exact) mass is 369 g/mol. The Morgan fingerprint density at radius 2 is 1.71 bits per heavy atom. The van der Waals surface area contributed by atoms with Gasteiger partial charge < -0.3 is 4.74 Å². The first-order valence-corrected chi connectivity index (χ1v) is 8.48. The number of methoxy groups -OCH3 is 1. The van der Waals surface area contributed by atoms with E-state index in [1.54, 1.807) is 56.6 Å². The molecule has 0 aliphatic carbocycles. The topological polar surface area (TPSA) is 46.6 Å². The van der Waals surface area contributed by atoms with Crippen LogP contribution >= 0.6 is 15.9 Å². The summed E-state index contributed by atoms with van der Waals surface area (Å²) in [4.78, 5) is 0.252. The fourth-order valence-corrected chi connectivity index (χ4v) is 3.41. The number of halogens is 1. The van der Waals surface area contributed by atoms with Crippen LogP contribution in [0, 0.1) is 6.92 Å². The Kier molecular flexibility index (Phi) is 4.58. The van der Waals surface area contributed by atoms with Crippen molar-refractivity contribution in [2.45, 2.75) is 11.8 Å². The summed E-state index contributed by atoms with van der Waals surface area (Å²) in [7, 11) is -0.446. The molecular formula is C15H16BrNO3S. The van der Waals surface area contributed by atoms with Crippen molar-refractivity contribution in [2.24, 2.45) is 0 Å². The largest absolute Gasteiger partial charge is 0.496 e. The van der Waals surface area contributed by atoms with Gasteiger partial charge in [0.1, 0.15) is 5.75 Å². The molecule has 0 atom stereocenters. The van der Waals surface area contributed by atoms with Gasteiger partial charge in [-0.3, -0.25) is 4.31 Å². The van der Waals surface area contributed by atoms with Gasteiger partial charge in [-0.2, -0.15) is 0 Å². The first-order chi connectivity index (χ1) is 9.86. The van der Waals surface area contributed by atoms with Crippen molar-refractivity contribution in [3.05, 3.63) is 52.5 Å². The van der Waals surface area contributed by atoms with Crippen LogP contribution in [0.4, 0.5) is 5.69 Å². The fraction of sp³-hybridized carbons (Fsp3) is 0.200. The van der Waals surface area contributed by atoms with Gasteiger partial charge in [-0.05, 0) is 55.0 Å². The van der Waals surface area contributed by atoms with Crippen LogP contribution < -0.4 is 9.04 Å². The molecule has 0 spiro atoms. The van der Waals surface area contributed by atoms with Gasteiger partial charge in [0.25, 0.3) is 10.0 Å². The summed E-state index contributed by atoms with van der Waals surface area (Å²) in [6, 6.07) is 11.8. The smallest absolute Gasteiger partial charge is 0.264 e. The van der Waals surface area contributed by atoms with Crippen molar-refractivity contribution in [1.82, 2.24) is 0 Å². The molecule has 0 bridgehead atoms. The van der Waals surface area contributed by atoms with E-state index < -0.39 is 10.0 Å². The van der Waals surface area contributed by atoms with Crippen LogP contribution in [0.15, 0.2) is 51.8 Å². The molecule has 0 unspecified atom stereocenters. The zero-order valence-electron chi connectivity index (χ0n) is 12.0. The van der Waals surface area contributed by atoms with Gasteiger partial charge in [-0.25, -0.2) is 8.42 Å². The van der Waals surface area contributed by atoms with Gasteiger partial charge in [-0.1, -0.05) is 15.9 Å². The average molecular weight is 370 g/mol. The predicted octanol–water partition coefficient (Wildman–Crippen LogP) is 3.59. The Hall–Kier alpha value is -1.53. The molecule has 2 aromatic carbocycles. The quantitative estimate of drug-likeness (QED) is 0.826. The lowest BCUT2D eigenvalue weighted by molar-refractivity contribution is 0.412. The Balaban J connectivity index is 2.40. The number of anilines is 1.